The molecule has 0 saturated heterocycles. The topological polar surface area (TPSA) is 38.3 Å². The van der Waals surface area contributed by atoms with Crippen LogP contribution in [0.2, 0.25) is 0 Å². The summed E-state index contributed by atoms with van der Waals surface area (Å²) in [5.74, 6) is 0.624. The van der Waals surface area contributed by atoms with Crippen LogP contribution in [-0.4, -0.2) is 24.0 Å². The standard InChI is InChI=1S/C8H8F2.C7H15NO2S/c1-6-3-2-4-7(5-6)8(9)10;1-7(2,3)10-6(9)8-4-5-11/h2-5,8H,1H3;11H,4-5H2,1-3H3,(H,8,9). The maximum absolute atomic E-state index is 11.9. The number of aryl methyl sites for hydroxylation is 1. The molecular weight excluding hydrogens is 296 g/mol. The van der Waals surface area contributed by atoms with Crippen LogP contribution in [0.3, 0.4) is 0 Å². The molecule has 1 amide bonds. The van der Waals surface area contributed by atoms with Crippen molar-refractivity contribution in [2.45, 2.75) is 39.7 Å². The van der Waals surface area contributed by atoms with Crippen molar-refractivity contribution < 1.29 is 18.3 Å². The Morgan fingerprint density at radius 3 is 2.38 bits per heavy atom. The van der Waals surface area contributed by atoms with Gasteiger partial charge in [-0.25, -0.2) is 13.6 Å². The van der Waals surface area contributed by atoms with Crippen LogP contribution in [0.25, 0.3) is 0 Å². The zero-order valence-electron chi connectivity index (χ0n) is 12.8. The molecule has 0 saturated carbocycles. The molecule has 0 atom stereocenters. The molecule has 0 unspecified atom stereocenters. The minimum Gasteiger partial charge on any atom is -0.444 e. The summed E-state index contributed by atoms with van der Waals surface area (Å²) in [4.78, 5) is 10.9. The van der Waals surface area contributed by atoms with Gasteiger partial charge >= 0.3 is 6.09 Å². The molecule has 0 spiro atoms. The minimum absolute atomic E-state index is 0.0972. The molecule has 1 aromatic carbocycles. The fourth-order valence-corrected chi connectivity index (χ4v) is 1.39. The highest BCUT2D eigenvalue weighted by atomic mass is 32.1. The average molecular weight is 319 g/mol. The van der Waals surface area contributed by atoms with E-state index in [1.54, 1.807) is 19.1 Å². The van der Waals surface area contributed by atoms with Crippen molar-refractivity contribution in [1.82, 2.24) is 5.32 Å². The summed E-state index contributed by atoms with van der Waals surface area (Å²) >= 11 is 3.94. The number of alkyl carbamates (subject to hydrolysis) is 1. The molecule has 0 radical (unpaired) electrons. The predicted octanol–water partition coefficient (Wildman–Crippen LogP) is 4.37. The van der Waals surface area contributed by atoms with E-state index in [2.05, 4.69) is 17.9 Å². The van der Waals surface area contributed by atoms with Crippen LogP contribution in [0.1, 0.15) is 38.3 Å². The number of carbonyl (C=O) groups is 1. The molecule has 6 heteroatoms. The van der Waals surface area contributed by atoms with E-state index in [1.165, 1.54) is 12.1 Å². The fraction of sp³-hybridized carbons (Fsp3) is 0.533. The summed E-state index contributed by atoms with van der Waals surface area (Å²) in [6.45, 7) is 7.82. The lowest BCUT2D eigenvalue weighted by Crippen LogP contribution is -2.33. The van der Waals surface area contributed by atoms with Crippen molar-refractivity contribution in [2.75, 3.05) is 12.3 Å². The van der Waals surface area contributed by atoms with Gasteiger partial charge in [-0.3, -0.25) is 0 Å². The van der Waals surface area contributed by atoms with Crippen LogP contribution in [0.15, 0.2) is 24.3 Å². The number of halogens is 2. The van der Waals surface area contributed by atoms with Crippen LogP contribution in [-0.2, 0) is 4.74 Å². The van der Waals surface area contributed by atoms with Gasteiger partial charge < -0.3 is 10.1 Å². The van der Waals surface area contributed by atoms with E-state index in [9.17, 15) is 13.6 Å². The first kappa shape index (κ1) is 19.7. The van der Waals surface area contributed by atoms with Gasteiger partial charge in [0, 0.05) is 17.9 Å². The highest BCUT2D eigenvalue weighted by molar-refractivity contribution is 7.80. The third-order valence-corrected chi connectivity index (χ3v) is 2.30. The van der Waals surface area contributed by atoms with Gasteiger partial charge in [0.15, 0.2) is 0 Å². The maximum atomic E-state index is 11.9. The third kappa shape index (κ3) is 11.1. The first-order chi connectivity index (χ1) is 9.65. The molecule has 0 bridgehead atoms. The molecule has 1 N–H and O–H groups in total. The molecule has 0 aromatic heterocycles. The van der Waals surface area contributed by atoms with Crippen molar-refractivity contribution in [3.63, 3.8) is 0 Å². The normalized spacial score (nSPS) is 10.7. The third-order valence-electron chi connectivity index (χ3n) is 2.07. The van der Waals surface area contributed by atoms with Crippen molar-refractivity contribution in [3.8, 4) is 0 Å². The Labute approximate surface area is 130 Å². The van der Waals surface area contributed by atoms with Gasteiger partial charge in [0.2, 0.25) is 0 Å². The molecule has 0 aliphatic heterocycles. The smallest absolute Gasteiger partial charge is 0.407 e. The first-order valence-corrected chi connectivity index (χ1v) is 7.21. The van der Waals surface area contributed by atoms with E-state index in [1.807, 2.05) is 20.8 Å². The first-order valence-electron chi connectivity index (χ1n) is 6.58. The lowest BCUT2D eigenvalue weighted by molar-refractivity contribution is 0.0531. The largest absolute Gasteiger partial charge is 0.444 e. The zero-order chi connectivity index (χ0) is 16.5. The summed E-state index contributed by atoms with van der Waals surface area (Å²) in [5.41, 5.74) is 0.554. The van der Waals surface area contributed by atoms with Crippen LogP contribution < -0.4 is 5.32 Å². The zero-order valence-corrected chi connectivity index (χ0v) is 13.7. The lowest BCUT2D eigenvalue weighted by Gasteiger charge is -2.19. The van der Waals surface area contributed by atoms with E-state index in [-0.39, 0.29) is 11.7 Å². The minimum atomic E-state index is -2.35. The summed E-state index contributed by atoms with van der Waals surface area (Å²) in [6.07, 6.45) is -2.73. The molecule has 1 aromatic rings. The van der Waals surface area contributed by atoms with E-state index >= 15 is 0 Å². The Hall–Kier alpha value is -1.30. The number of ether oxygens (including phenoxy) is 1. The number of amides is 1. The Morgan fingerprint density at radius 2 is 2.00 bits per heavy atom. The number of rotatable bonds is 3. The monoisotopic (exact) mass is 319 g/mol. The molecule has 3 nitrogen and oxygen atoms in total. The molecule has 21 heavy (non-hydrogen) atoms. The molecule has 0 aliphatic rings. The molecule has 1 rings (SSSR count). The Morgan fingerprint density at radius 1 is 1.38 bits per heavy atom. The summed E-state index contributed by atoms with van der Waals surface area (Å²) < 4.78 is 28.8. The van der Waals surface area contributed by atoms with Gasteiger partial charge in [-0.2, -0.15) is 12.6 Å². The highest BCUT2D eigenvalue weighted by Crippen LogP contribution is 2.18. The molecule has 0 aliphatic carbocycles. The van der Waals surface area contributed by atoms with E-state index in [4.69, 9.17) is 4.74 Å². The number of carbonyl (C=O) groups excluding carboxylic acids is 1. The van der Waals surface area contributed by atoms with Crippen LogP contribution >= 0.6 is 12.6 Å². The van der Waals surface area contributed by atoms with Crippen LogP contribution in [0, 0.1) is 6.92 Å². The average Bonchev–Trinajstić information content (AvgIpc) is 2.35. The quantitative estimate of drug-likeness (QED) is 0.812. The Bertz CT molecular complexity index is 434. The van der Waals surface area contributed by atoms with Gasteiger partial charge in [0.05, 0.1) is 0 Å². The number of benzene rings is 1. The Kier molecular flexibility index (Phi) is 9.01. The van der Waals surface area contributed by atoms with Crippen molar-refractivity contribution in [3.05, 3.63) is 35.4 Å². The molecule has 0 fully saturated rings. The number of hydrogen-bond acceptors (Lipinski definition) is 3. The van der Waals surface area contributed by atoms with Crippen molar-refractivity contribution >= 4 is 18.7 Å². The SMILES string of the molecule is CC(C)(C)OC(=O)NCCS.Cc1cccc(C(F)F)c1. The van der Waals surface area contributed by atoms with Crippen LogP contribution in [0.5, 0.6) is 0 Å². The fourth-order valence-electron chi connectivity index (χ4n) is 1.28. The van der Waals surface area contributed by atoms with Gasteiger partial charge in [-0.1, -0.05) is 29.8 Å². The predicted molar refractivity (Wildman–Crippen MR) is 84.2 cm³/mol. The maximum Gasteiger partial charge on any atom is 0.407 e. The second-order valence-corrected chi connectivity index (χ2v) is 5.81. The number of nitrogens with one attached hydrogen (secondary N) is 1. The lowest BCUT2D eigenvalue weighted by atomic mass is 10.1. The van der Waals surface area contributed by atoms with Gasteiger partial charge in [-0.15, -0.1) is 0 Å². The summed E-state index contributed by atoms with van der Waals surface area (Å²) in [5, 5.41) is 2.55. The number of alkyl halides is 2. The van der Waals surface area contributed by atoms with E-state index in [0.29, 0.717) is 12.3 Å². The highest BCUT2D eigenvalue weighted by Gasteiger charge is 2.14. The van der Waals surface area contributed by atoms with Gasteiger partial charge in [0.25, 0.3) is 6.43 Å². The summed E-state index contributed by atoms with van der Waals surface area (Å²) in [6, 6.07) is 6.35. The second-order valence-electron chi connectivity index (χ2n) is 5.37. The molecule has 120 valence electrons. The number of thiol groups is 1. The van der Waals surface area contributed by atoms with Crippen molar-refractivity contribution in [2.24, 2.45) is 0 Å². The molecule has 0 heterocycles. The van der Waals surface area contributed by atoms with Crippen LogP contribution in [0.4, 0.5) is 13.6 Å². The van der Waals surface area contributed by atoms with Gasteiger partial charge in [-0.05, 0) is 27.7 Å². The van der Waals surface area contributed by atoms with Gasteiger partial charge in [0.1, 0.15) is 5.60 Å². The second kappa shape index (κ2) is 9.60. The molecular formula is C15H23F2NO2S. The van der Waals surface area contributed by atoms with E-state index < -0.39 is 12.0 Å². The summed E-state index contributed by atoms with van der Waals surface area (Å²) in [7, 11) is 0. The number of hydrogen-bond donors (Lipinski definition) is 2. The van der Waals surface area contributed by atoms with Crippen molar-refractivity contribution in [1.29, 1.82) is 0 Å². The Balaban J connectivity index is 0.000000382. The van der Waals surface area contributed by atoms with E-state index in [0.717, 1.165) is 5.56 Å².